The van der Waals surface area contributed by atoms with E-state index in [0.717, 1.165) is 0 Å². The van der Waals surface area contributed by atoms with Gasteiger partial charge < -0.3 is 15.2 Å². The van der Waals surface area contributed by atoms with Crippen LogP contribution in [0.4, 0.5) is 0 Å². The Morgan fingerprint density at radius 3 is 3.05 bits per heavy atom. The number of hydrogen-bond donors (Lipinski definition) is 2. The average Bonchev–Trinajstić information content (AvgIpc) is 2.43. The Morgan fingerprint density at radius 2 is 2.37 bits per heavy atom. The van der Waals surface area contributed by atoms with Crippen molar-refractivity contribution in [2.24, 2.45) is 0 Å². The van der Waals surface area contributed by atoms with Gasteiger partial charge >= 0.3 is 0 Å². The Kier molecular flexibility index (Phi) is 6.58. The minimum Gasteiger partial charge on any atom is -0.384 e. The molecule has 1 heterocycles. The van der Waals surface area contributed by atoms with Crippen LogP contribution in [0.1, 0.15) is 29.8 Å². The maximum atomic E-state index is 11.9. The van der Waals surface area contributed by atoms with Gasteiger partial charge in [-0.05, 0) is 19.9 Å². The summed E-state index contributed by atoms with van der Waals surface area (Å²) in [4.78, 5) is 15.9. The molecule has 1 rings (SSSR count). The quantitative estimate of drug-likeness (QED) is 0.761. The summed E-state index contributed by atoms with van der Waals surface area (Å²) in [5.41, 5.74) is 1.03. The second-order valence-corrected chi connectivity index (χ2v) is 3.96. The van der Waals surface area contributed by atoms with Gasteiger partial charge in [0.2, 0.25) is 0 Å². The lowest BCUT2D eigenvalue weighted by molar-refractivity contribution is 0.0871. The van der Waals surface area contributed by atoms with E-state index in [4.69, 9.17) is 9.84 Å². The summed E-state index contributed by atoms with van der Waals surface area (Å²) in [6.45, 7) is 4.65. The molecule has 0 spiro atoms. The molecule has 5 nitrogen and oxygen atoms in total. The maximum Gasteiger partial charge on any atom is 0.253 e. The second kappa shape index (κ2) is 8.25. The number of rotatable bonds is 5. The van der Waals surface area contributed by atoms with E-state index < -0.39 is 0 Å². The van der Waals surface area contributed by atoms with Crippen LogP contribution in [0.2, 0.25) is 0 Å². The molecule has 0 aliphatic heterocycles. The first kappa shape index (κ1) is 15.2. The molecule has 0 fully saturated rings. The van der Waals surface area contributed by atoms with E-state index in [1.807, 2.05) is 13.8 Å². The summed E-state index contributed by atoms with van der Waals surface area (Å²) in [5.74, 6) is 5.01. The van der Waals surface area contributed by atoms with E-state index in [1.54, 1.807) is 12.3 Å². The lowest BCUT2D eigenvalue weighted by atomic mass is 10.2. The predicted octanol–water partition coefficient (Wildman–Crippen LogP) is 0.580. The third-order valence-electron chi connectivity index (χ3n) is 2.26. The molecule has 0 aliphatic rings. The monoisotopic (exact) mass is 262 g/mol. The van der Waals surface area contributed by atoms with Crippen LogP contribution in [0.15, 0.2) is 18.5 Å². The van der Waals surface area contributed by atoms with E-state index in [-0.39, 0.29) is 18.6 Å². The van der Waals surface area contributed by atoms with E-state index in [2.05, 4.69) is 22.1 Å². The van der Waals surface area contributed by atoms with E-state index >= 15 is 0 Å². The highest BCUT2D eigenvalue weighted by Crippen LogP contribution is 2.02. The van der Waals surface area contributed by atoms with Crippen molar-refractivity contribution in [3.05, 3.63) is 29.6 Å². The molecule has 0 saturated carbocycles. The molecular weight excluding hydrogens is 244 g/mol. The van der Waals surface area contributed by atoms with Gasteiger partial charge in [-0.3, -0.25) is 9.78 Å². The van der Waals surface area contributed by atoms with Crippen LogP contribution in [0, 0.1) is 11.8 Å². The Bertz CT molecular complexity index is 477. The van der Waals surface area contributed by atoms with Crippen LogP contribution < -0.4 is 5.32 Å². The molecule has 1 aromatic rings. The smallest absolute Gasteiger partial charge is 0.253 e. The minimum atomic E-state index is -0.220. The van der Waals surface area contributed by atoms with Crippen LogP contribution in [-0.4, -0.2) is 41.9 Å². The molecular formula is C14H18N2O3. The van der Waals surface area contributed by atoms with Crippen LogP contribution in [-0.2, 0) is 4.74 Å². The fourth-order valence-corrected chi connectivity index (χ4v) is 1.42. The van der Waals surface area contributed by atoms with E-state index in [1.165, 1.54) is 6.20 Å². The normalized spacial score (nSPS) is 11.3. The number of amides is 1. The Morgan fingerprint density at radius 1 is 1.58 bits per heavy atom. The van der Waals surface area contributed by atoms with Crippen molar-refractivity contribution < 1.29 is 14.6 Å². The van der Waals surface area contributed by atoms with Crippen LogP contribution in [0.3, 0.4) is 0 Å². The van der Waals surface area contributed by atoms with Gasteiger partial charge in [0.25, 0.3) is 5.91 Å². The summed E-state index contributed by atoms with van der Waals surface area (Å²) in [7, 11) is 0. The third kappa shape index (κ3) is 5.51. The summed E-state index contributed by atoms with van der Waals surface area (Å²) in [6, 6.07) is 1.57. The molecule has 102 valence electrons. The van der Waals surface area contributed by atoms with Crippen molar-refractivity contribution in [1.29, 1.82) is 0 Å². The van der Waals surface area contributed by atoms with Gasteiger partial charge in [-0.1, -0.05) is 11.8 Å². The molecule has 1 amide bonds. The number of carbonyl (C=O) groups is 1. The summed E-state index contributed by atoms with van der Waals surface area (Å²) in [5, 5.41) is 11.4. The van der Waals surface area contributed by atoms with Crippen LogP contribution >= 0.6 is 0 Å². The zero-order valence-electron chi connectivity index (χ0n) is 11.1. The fraction of sp³-hybridized carbons (Fsp3) is 0.429. The van der Waals surface area contributed by atoms with Crippen LogP contribution in [0.25, 0.3) is 0 Å². The molecule has 0 aliphatic carbocycles. The molecule has 1 atom stereocenters. The van der Waals surface area contributed by atoms with Gasteiger partial charge in [0.1, 0.15) is 6.61 Å². The van der Waals surface area contributed by atoms with E-state index in [0.29, 0.717) is 24.3 Å². The first-order chi connectivity index (χ1) is 9.17. The van der Waals surface area contributed by atoms with E-state index in [9.17, 15) is 4.79 Å². The molecule has 5 heteroatoms. The number of pyridine rings is 1. The number of aromatic nitrogens is 1. The largest absolute Gasteiger partial charge is 0.384 e. The SMILES string of the molecule is CCOCC(C)NC(=O)c1cncc(C#CCO)c1. The predicted molar refractivity (Wildman–Crippen MR) is 71.6 cm³/mol. The van der Waals surface area contributed by atoms with Gasteiger partial charge in [0.05, 0.1) is 12.2 Å². The Hall–Kier alpha value is -1.90. The number of nitrogens with zero attached hydrogens (tertiary/aromatic N) is 1. The topological polar surface area (TPSA) is 71.5 Å². The van der Waals surface area contributed by atoms with Crippen molar-refractivity contribution in [1.82, 2.24) is 10.3 Å². The third-order valence-corrected chi connectivity index (χ3v) is 2.26. The van der Waals surface area contributed by atoms with Crippen molar-refractivity contribution in [2.45, 2.75) is 19.9 Å². The standard InChI is InChI=1S/C14H18N2O3/c1-3-19-10-11(2)16-14(18)13-7-12(5-4-6-17)8-15-9-13/h7-9,11,17H,3,6,10H2,1-2H3,(H,16,18). The molecule has 19 heavy (non-hydrogen) atoms. The molecule has 0 aromatic carbocycles. The zero-order chi connectivity index (χ0) is 14.1. The number of ether oxygens (including phenoxy) is 1. The highest BCUT2D eigenvalue weighted by Gasteiger charge is 2.10. The molecule has 0 saturated heterocycles. The molecule has 1 unspecified atom stereocenters. The highest BCUT2D eigenvalue weighted by atomic mass is 16.5. The van der Waals surface area contributed by atoms with Crippen molar-refractivity contribution in [3.8, 4) is 11.8 Å². The van der Waals surface area contributed by atoms with Crippen molar-refractivity contribution >= 4 is 5.91 Å². The number of aliphatic hydroxyl groups excluding tert-OH is 1. The van der Waals surface area contributed by atoms with Gasteiger partial charge in [-0.2, -0.15) is 0 Å². The van der Waals surface area contributed by atoms with Gasteiger partial charge in [0.15, 0.2) is 0 Å². The van der Waals surface area contributed by atoms with Gasteiger partial charge in [0, 0.05) is 30.6 Å². The average molecular weight is 262 g/mol. The molecule has 0 radical (unpaired) electrons. The summed E-state index contributed by atoms with van der Waals surface area (Å²) in [6.07, 6.45) is 3.02. The molecule has 1 aromatic heterocycles. The molecule has 0 bridgehead atoms. The summed E-state index contributed by atoms with van der Waals surface area (Å²) < 4.78 is 5.23. The Labute approximate surface area is 113 Å². The highest BCUT2D eigenvalue weighted by molar-refractivity contribution is 5.94. The number of aliphatic hydroxyl groups is 1. The lowest BCUT2D eigenvalue weighted by Gasteiger charge is -2.13. The second-order valence-electron chi connectivity index (χ2n) is 3.96. The first-order valence-electron chi connectivity index (χ1n) is 6.10. The van der Waals surface area contributed by atoms with Crippen molar-refractivity contribution in [3.63, 3.8) is 0 Å². The maximum absolute atomic E-state index is 11.9. The number of carbonyl (C=O) groups excluding carboxylic acids is 1. The van der Waals surface area contributed by atoms with Crippen LogP contribution in [0.5, 0.6) is 0 Å². The van der Waals surface area contributed by atoms with Crippen molar-refractivity contribution in [2.75, 3.05) is 19.8 Å². The van der Waals surface area contributed by atoms with Gasteiger partial charge in [-0.25, -0.2) is 0 Å². The minimum absolute atomic E-state index is 0.0698. The summed E-state index contributed by atoms with van der Waals surface area (Å²) >= 11 is 0. The molecule has 2 N–H and O–H groups in total. The lowest BCUT2D eigenvalue weighted by Crippen LogP contribution is -2.36. The first-order valence-corrected chi connectivity index (χ1v) is 6.10. The fourth-order valence-electron chi connectivity index (χ4n) is 1.42. The Balaban J connectivity index is 2.66. The number of hydrogen-bond acceptors (Lipinski definition) is 4. The van der Waals surface area contributed by atoms with Gasteiger partial charge in [-0.15, -0.1) is 0 Å². The zero-order valence-corrected chi connectivity index (χ0v) is 11.1. The number of nitrogens with one attached hydrogen (secondary N) is 1.